The Balaban J connectivity index is 1.36. The maximum atomic E-state index is 12.3. The molecule has 1 N–H and O–H groups in total. The van der Waals surface area contributed by atoms with Crippen LogP contribution in [0.5, 0.6) is 5.75 Å². The smallest absolute Gasteiger partial charge is 0.240 e. The van der Waals surface area contributed by atoms with Gasteiger partial charge in [-0.2, -0.15) is 0 Å². The summed E-state index contributed by atoms with van der Waals surface area (Å²) in [6, 6.07) is 7.43. The second-order valence-corrected chi connectivity index (χ2v) is 7.21. The number of carbonyl (C=O) groups excluding carboxylic acids is 1. The minimum absolute atomic E-state index is 0.0137. The third-order valence-corrected chi connectivity index (χ3v) is 5.38. The molecule has 0 aromatic heterocycles. The predicted octanol–water partition coefficient (Wildman–Crippen LogP) is 1.53. The van der Waals surface area contributed by atoms with E-state index < -0.39 is 0 Å². The van der Waals surface area contributed by atoms with Gasteiger partial charge in [-0.3, -0.25) is 15.0 Å². The number of thioether (sulfide) groups is 1. The number of nitrogens with one attached hydrogen (secondary N) is 1. The zero-order valence-corrected chi connectivity index (χ0v) is 14.6. The van der Waals surface area contributed by atoms with E-state index in [-0.39, 0.29) is 11.9 Å². The van der Waals surface area contributed by atoms with Gasteiger partial charge in [-0.25, -0.2) is 0 Å². The van der Waals surface area contributed by atoms with Crippen molar-refractivity contribution in [3.8, 4) is 5.75 Å². The van der Waals surface area contributed by atoms with E-state index in [9.17, 15) is 4.79 Å². The van der Waals surface area contributed by atoms with Crippen molar-refractivity contribution in [1.82, 2.24) is 15.1 Å². The summed E-state index contributed by atoms with van der Waals surface area (Å²) in [4.78, 5) is 16.7. The molecule has 0 radical (unpaired) electrons. The van der Waals surface area contributed by atoms with Gasteiger partial charge in [0.05, 0.1) is 6.04 Å². The van der Waals surface area contributed by atoms with Crippen LogP contribution < -0.4 is 10.1 Å². The molecule has 0 spiro atoms. The first-order chi connectivity index (χ1) is 11.2. The summed E-state index contributed by atoms with van der Waals surface area (Å²) >= 11 is 7.64. The first-order valence-corrected chi connectivity index (χ1v) is 9.46. The third kappa shape index (κ3) is 4.76. The molecule has 23 heavy (non-hydrogen) atoms. The molecule has 5 nitrogen and oxygen atoms in total. The number of amides is 1. The van der Waals surface area contributed by atoms with E-state index >= 15 is 0 Å². The van der Waals surface area contributed by atoms with E-state index in [4.69, 9.17) is 16.3 Å². The van der Waals surface area contributed by atoms with Crippen LogP contribution in [0.3, 0.4) is 0 Å². The number of benzene rings is 1. The molecule has 0 aliphatic carbocycles. The van der Waals surface area contributed by atoms with Gasteiger partial charge in [-0.1, -0.05) is 11.6 Å². The Morgan fingerprint density at radius 3 is 2.65 bits per heavy atom. The SMILES string of the molecule is O=C(C1CSCN1)N1CCN(CCOc2ccc(Cl)cc2)CC1. The lowest BCUT2D eigenvalue weighted by molar-refractivity contribution is -0.134. The highest BCUT2D eigenvalue weighted by Gasteiger charge is 2.29. The number of halogens is 1. The van der Waals surface area contributed by atoms with Crippen molar-refractivity contribution in [3.63, 3.8) is 0 Å². The summed E-state index contributed by atoms with van der Waals surface area (Å²) in [6.07, 6.45) is 0. The number of carbonyl (C=O) groups is 1. The third-order valence-electron chi connectivity index (χ3n) is 4.19. The average Bonchev–Trinajstić information content (AvgIpc) is 3.11. The molecule has 3 rings (SSSR count). The molecular formula is C16H22ClN3O2S. The van der Waals surface area contributed by atoms with Crippen molar-refractivity contribution in [3.05, 3.63) is 29.3 Å². The lowest BCUT2D eigenvalue weighted by Crippen LogP contribution is -2.54. The monoisotopic (exact) mass is 355 g/mol. The summed E-state index contributed by atoms with van der Waals surface area (Å²) in [5.74, 6) is 2.88. The van der Waals surface area contributed by atoms with Crippen LogP contribution in [0, 0.1) is 0 Å². The quantitative estimate of drug-likeness (QED) is 0.867. The molecule has 0 bridgehead atoms. The second kappa shape index (κ2) is 8.24. The minimum Gasteiger partial charge on any atom is -0.492 e. The summed E-state index contributed by atoms with van der Waals surface area (Å²) in [5, 5.41) is 3.97. The van der Waals surface area contributed by atoms with Crippen molar-refractivity contribution in [2.24, 2.45) is 0 Å². The van der Waals surface area contributed by atoms with Gasteiger partial charge in [0.2, 0.25) is 5.91 Å². The molecule has 1 unspecified atom stereocenters. The molecule has 1 atom stereocenters. The van der Waals surface area contributed by atoms with Crippen LogP contribution in [-0.4, -0.2) is 72.7 Å². The van der Waals surface area contributed by atoms with Crippen molar-refractivity contribution in [2.45, 2.75) is 6.04 Å². The summed E-state index contributed by atoms with van der Waals surface area (Å²) < 4.78 is 5.73. The normalized spacial score (nSPS) is 22.3. The van der Waals surface area contributed by atoms with Gasteiger partial charge >= 0.3 is 0 Å². The van der Waals surface area contributed by atoms with Gasteiger partial charge in [0.25, 0.3) is 0 Å². The molecule has 2 aliphatic rings. The molecule has 126 valence electrons. The van der Waals surface area contributed by atoms with E-state index in [2.05, 4.69) is 10.2 Å². The zero-order chi connectivity index (χ0) is 16.1. The van der Waals surface area contributed by atoms with E-state index in [1.54, 1.807) is 11.8 Å². The standard InChI is InChI=1S/C16H22ClN3O2S/c17-13-1-3-14(4-2-13)22-10-9-19-5-7-20(8-6-19)16(21)15-11-23-12-18-15/h1-4,15,18H,5-12H2. The fourth-order valence-corrected chi connectivity index (χ4v) is 3.85. The van der Waals surface area contributed by atoms with Gasteiger partial charge in [-0.15, -0.1) is 11.8 Å². The Labute approximate surface area is 146 Å². The van der Waals surface area contributed by atoms with Crippen LogP contribution in [0.2, 0.25) is 5.02 Å². The van der Waals surface area contributed by atoms with Gasteiger partial charge in [0.1, 0.15) is 12.4 Å². The molecule has 7 heteroatoms. The van der Waals surface area contributed by atoms with Crippen molar-refractivity contribution >= 4 is 29.3 Å². The van der Waals surface area contributed by atoms with Crippen LogP contribution in [0.1, 0.15) is 0 Å². The van der Waals surface area contributed by atoms with Gasteiger partial charge in [0.15, 0.2) is 0 Å². The topological polar surface area (TPSA) is 44.8 Å². The highest BCUT2D eigenvalue weighted by molar-refractivity contribution is 7.99. The molecule has 2 aliphatic heterocycles. The van der Waals surface area contributed by atoms with Crippen LogP contribution in [0.25, 0.3) is 0 Å². The molecule has 2 fully saturated rings. The summed E-state index contributed by atoms with van der Waals surface area (Å²) in [6.45, 7) is 4.97. The Morgan fingerprint density at radius 1 is 1.26 bits per heavy atom. The maximum Gasteiger partial charge on any atom is 0.240 e. The lowest BCUT2D eigenvalue weighted by Gasteiger charge is -2.35. The van der Waals surface area contributed by atoms with E-state index in [1.165, 1.54) is 0 Å². The first-order valence-electron chi connectivity index (χ1n) is 7.93. The van der Waals surface area contributed by atoms with Crippen LogP contribution in [0.15, 0.2) is 24.3 Å². The average molecular weight is 356 g/mol. The molecular weight excluding hydrogens is 334 g/mol. The predicted molar refractivity (Wildman–Crippen MR) is 94.2 cm³/mol. The molecule has 2 saturated heterocycles. The Bertz CT molecular complexity index is 515. The van der Waals surface area contributed by atoms with E-state index in [1.807, 2.05) is 29.2 Å². The molecule has 1 amide bonds. The maximum absolute atomic E-state index is 12.3. The van der Waals surface area contributed by atoms with Crippen LogP contribution >= 0.6 is 23.4 Å². The van der Waals surface area contributed by atoms with Gasteiger partial charge in [0, 0.05) is 49.4 Å². The number of hydrogen-bond donors (Lipinski definition) is 1. The Kier molecular flexibility index (Phi) is 6.05. The lowest BCUT2D eigenvalue weighted by atomic mass is 10.2. The highest BCUT2D eigenvalue weighted by atomic mass is 35.5. The fourth-order valence-electron chi connectivity index (χ4n) is 2.79. The summed E-state index contributed by atoms with van der Waals surface area (Å²) in [5.41, 5.74) is 0. The largest absolute Gasteiger partial charge is 0.492 e. The van der Waals surface area contributed by atoms with E-state index in [0.717, 1.165) is 50.1 Å². The summed E-state index contributed by atoms with van der Waals surface area (Å²) in [7, 11) is 0. The van der Waals surface area contributed by atoms with E-state index in [0.29, 0.717) is 11.6 Å². The number of piperazine rings is 1. The number of rotatable bonds is 5. The number of hydrogen-bond acceptors (Lipinski definition) is 5. The number of ether oxygens (including phenoxy) is 1. The highest BCUT2D eigenvalue weighted by Crippen LogP contribution is 2.16. The number of nitrogens with zero attached hydrogens (tertiary/aromatic N) is 2. The Hall–Kier alpha value is -0.950. The zero-order valence-electron chi connectivity index (χ0n) is 13.0. The molecule has 0 saturated carbocycles. The molecule has 1 aromatic rings. The first kappa shape index (κ1) is 16.9. The van der Waals surface area contributed by atoms with Crippen LogP contribution in [-0.2, 0) is 4.79 Å². The van der Waals surface area contributed by atoms with Crippen molar-refractivity contribution in [1.29, 1.82) is 0 Å². The van der Waals surface area contributed by atoms with Gasteiger partial charge < -0.3 is 9.64 Å². The minimum atomic E-state index is 0.0137. The Morgan fingerprint density at radius 2 is 2.00 bits per heavy atom. The molecule has 2 heterocycles. The van der Waals surface area contributed by atoms with Crippen LogP contribution in [0.4, 0.5) is 0 Å². The van der Waals surface area contributed by atoms with Crippen molar-refractivity contribution < 1.29 is 9.53 Å². The molecule has 1 aromatic carbocycles. The second-order valence-electron chi connectivity index (χ2n) is 5.74. The van der Waals surface area contributed by atoms with Gasteiger partial charge in [-0.05, 0) is 24.3 Å². The fraction of sp³-hybridized carbons (Fsp3) is 0.562. The van der Waals surface area contributed by atoms with Crippen molar-refractivity contribution in [2.75, 3.05) is 51.0 Å².